The van der Waals surface area contributed by atoms with Crippen molar-refractivity contribution in [3.63, 3.8) is 0 Å². The molecule has 5 aromatic rings. The highest BCUT2D eigenvalue weighted by Crippen LogP contribution is 2.22. The van der Waals surface area contributed by atoms with Crippen molar-refractivity contribution in [1.82, 2.24) is 9.38 Å². The van der Waals surface area contributed by atoms with Crippen molar-refractivity contribution >= 4 is 43.5 Å². The summed E-state index contributed by atoms with van der Waals surface area (Å²) in [6, 6.07) is 19.9. The van der Waals surface area contributed by atoms with Gasteiger partial charge < -0.3 is 8.92 Å². The maximum Gasteiger partial charge on any atom is 0.339 e. The molecule has 0 N–H and O–H groups in total. The van der Waals surface area contributed by atoms with Crippen LogP contribution < -0.4 is 19.0 Å². The average Bonchev–Trinajstić information content (AvgIpc) is 3.30. The molecule has 0 radical (unpaired) electrons. The fourth-order valence-electron chi connectivity index (χ4n) is 3.34. The second-order valence-corrected chi connectivity index (χ2v) is 9.48. The number of ether oxygens (including phenoxy) is 1. The molecule has 7 nitrogen and oxygen atoms in total. The van der Waals surface area contributed by atoms with E-state index < -0.39 is 10.1 Å². The fraction of sp³-hybridized carbons (Fsp3) is 0.0435. The van der Waals surface area contributed by atoms with Gasteiger partial charge in [0.1, 0.15) is 16.4 Å². The smallest absolute Gasteiger partial charge is 0.339 e. The van der Waals surface area contributed by atoms with Gasteiger partial charge in [0.15, 0.2) is 4.96 Å². The standard InChI is InChI=1S/C23H16N2O5S2/c1-29-16-9-11-18(12-10-16)32(27,28)30-17-6-4-5-15(13-17)14-21-22(26)25-20-8-3-2-7-19(20)24-23(25)31-21/h2-14H,1H3. The summed E-state index contributed by atoms with van der Waals surface area (Å²) in [5.74, 6) is 0.692. The molecule has 0 spiro atoms. The van der Waals surface area contributed by atoms with Crippen LogP contribution in [0.3, 0.4) is 0 Å². The number of hydrogen-bond acceptors (Lipinski definition) is 7. The summed E-state index contributed by atoms with van der Waals surface area (Å²) in [4.78, 5) is 18.0. The monoisotopic (exact) mass is 464 g/mol. The summed E-state index contributed by atoms with van der Waals surface area (Å²) in [6.07, 6.45) is 1.70. The van der Waals surface area contributed by atoms with Crippen LogP contribution in [-0.2, 0) is 10.1 Å². The van der Waals surface area contributed by atoms with Gasteiger partial charge in [-0.15, -0.1) is 0 Å². The van der Waals surface area contributed by atoms with Gasteiger partial charge in [-0.3, -0.25) is 4.79 Å². The van der Waals surface area contributed by atoms with E-state index in [1.54, 1.807) is 46.9 Å². The molecule has 0 bridgehead atoms. The summed E-state index contributed by atoms with van der Waals surface area (Å²) in [7, 11) is -2.51. The molecular formula is C23H16N2O5S2. The van der Waals surface area contributed by atoms with Crippen molar-refractivity contribution in [3.05, 3.63) is 93.2 Å². The SMILES string of the molecule is COc1ccc(S(=O)(=O)Oc2cccc(C=c3sc4nc5ccccc5n4c3=O)c2)cc1. The zero-order chi connectivity index (χ0) is 22.3. The van der Waals surface area contributed by atoms with E-state index in [2.05, 4.69) is 4.98 Å². The molecule has 0 saturated carbocycles. The molecular weight excluding hydrogens is 448 g/mol. The molecule has 0 unspecified atom stereocenters. The van der Waals surface area contributed by atoms with Crippen LogP contribution in [0.5, 0.6) is 11.5 Å². The maximum atomic E-state index is 12.9. The first kappa shape index (κ1) is 20.2. The molecule has 0 amide bonds. The van der Waals surface area contributed by atoms with Crippen molar-refractivity contribution in [2.24, 2.45) is 0 Å². The molecule has 2 heterocycles. The number of methoxy groups -OCH3 is 1. The molecule has 160 valence electrons. The molecule has 2 aromatic heterocycles. The van der Waals surface area contributed by atoms with E-state index >= 15 is 0 Å². The zero-order valence-electron chi connectivity index (χ0n) is 16.8. The lowest BCUT2D eigenvalue weighted by atomic mass is 10.2. The fourth-order valence-corrected chi connectivity index (χ4v) is 5.25. The number of imidazole rings is 1. The Morgan fingerprint density at radius 2 is 1.75 bits per heavy atom. The normalized spacial score (nSPS) is 12.5. The lowest BCUT2D eigenvalue weighted by molar-refractivity contribution is 0.414. The van der Waals surface area contributed by atoms with Crippen molar-refractivity contribution in [1.29, 1.82) is 0 Å². The Bertz CT molecular complexity index is 1670. The minimum atomic E-state index is -4.01. The number of fused-ring (bicyclic) bond motifs is 3. The minimum Gasteiger partial charge on any atom is -0.497 e. The van der Waals surface area contributed by atoms with E-state index in [1.807, 2.05) is 24.3 Å². The van der Waals surface area contributed by atoms with E-state index in [9.17, 15) is 13.2 Å². The molecule has 0 fully saturated rings. The highest BCUT2D eigenvalue weighted by molar-refractivity contribution is 7.87. The van der Waals surface area contributed by atoms with Gasteiger partial charge in [-0.1, -0.05) is 35.6 Å². The largest absolute Gasteiger partial charge is 0.497 e. The Morgan fingerprint density at radius 3 is 2.53 bits per heavy atom. The Balaban J connectivity index is 1.49. The van der Waals surface area contributed by atoms with Crippen molar-refractivity contribution in [2.45, 2.75) is 4.90 Å². The minimum absolute atomic E-state index is 0.0147. The highest BCUT2D eigenvalue weighted by Gasteiger charge is 2.17. The predicted molar refractivity (Wildman–Crippen MR) is 123 cm³/mol. The Labute approximate surface area is 186 Å². The van der Waals surface area contributed by atoms with Gasteiger partial charge in [0.05, 0.1) is 22.7 Å². The topological polar surface area (TPSA) is 87.0 Å². The van der Waals surface area contributed by atoms with Crippen LogP contribution in [-0.4, -0.2) is 24.9 Å². The maximum absolute atomic E-state index is 12.9. The number of benzene rings is 3. The number of aromatic nitrogens is 2. The quantitative estimate of drug-likeness (QED) is 0.371. The van der Waals surface area contributed by atoms with E-state index in [0.29, 0.717) is 20.8 Å². The van der Waals surface area contributed by atoms with Crippen molar-refractivity contribution < 1.29 is 17.3 Å². The highest BCUT2D eigenvalue weighted by atomic mass is 32.2. The molecule has 5 rings (SSSR count). The van der Waals surface area contributed by atoms with E-state index in [0.717, 1.165) is 11.0 Å². The molecule has 0 saturated heterocycles. The first-order valence-corrected chi connectivity index (χ1v) is 11.8. The van der Waals surface area contributed by atoms with Gasteiger partial charge in [-0.2, -0.15) is 8.42 Å². The first-order valence-electron chi connectivity index (χ1n) is 9.55. The summed E-state index contributed by atoms with van der Waals surface area (Å²) in [6.45, 7) is 0. The van der Waals surface area contributed by atoms with Crippen LogP contribution in [0.15, 0.2) is 82.5 Å². The number of thiazole rings is 1. The Morgan fingerprint density at radius 1 is 0.969 bits per heavy atom. The van der Waals surface area contributed by atoms with E-state index in [4.69, 9.17) is 8.92 Å². The molecule has 0 aliphatic carbocycles. The second-order valence-electron chi connectivity index (χ2n) is 6.92. The Hall–Kier alpha value is -3.69. The third kappa shape index (κ3) is 3.61. The lowest BCUT2D eigenvalue weighted by Gasteiger charge is -2.08. The van der Waals surface area contributed by atoms with Crippen molar-refractivity contribution in [3.8, 4) is 11.5 Å². The van der Waals surface area contributed by atoms with Gasteiger partial charge in [0.25, 0.3) is 5.56 Å². The first-order chi connectivity index (χ1) is 15.4. The molecule has 9 heteroatoms. The van der Waals surface area contributed by atoms with Crippen LogP contribution in [0.2, 0.25) is 0 Å². The zero-order valence-corrected chi connectivity index (χ0v) is 18.4. The summed E-state index contributed by atoms with van der Waals surface area (Å²) >= 11 is 1.28. The van der Waals surface area contributed by atoms with E-state index in [-0.39, 0.29) is 16.2 Å². The average molecular weight is 465 g/mol. The second kappa shape index (κ2) is 7.77. The lowest BCUT2D eigenvalue weighted by Crippen LogP contribution is -2.22. The summed E-state index contributed by atoms with van der Waals surface area (Å²) in [5, 5.41) is 0. The molecule has 32 heavy (non-hydrogen) atoms. The van der Waals surface area contributed by atoms with Gasteiger partial charge in [-0.25, -0.2) is 9.38 Å². The number of nitrogens with zero attached hydrogens (tertiary/aromatic N) is 2. The third-order valence-electron chi connectivity index (χ3n) is 4.86. The van der Waals surface area contributed by atoms with Crippen LogP contribution in [0.1, 0.15) is 5.56 Å². The summed E-state index contributed by atoms with van der Waals surface area (Å²) in [5.41, 5.74) is 1.99. The van der Waals surface area contributed by atoms with Crippen LogP contribution >= 0.6 is 11.3 Å². The van der Waals surface area contributed by atoms with Crippen LogP contribution in [0.4, 0.5) is 0 Å². The van der Waals surface area contributed by atoms with Crippen molar-refractivity contribution in [2.75, 3.05) is 7.11 Å². The predicted octanol–water partition coefficient (Wildman–Crippen LogP) is 3.23. The van der Waals surface area contributed by atoms with E-state index in [1.165, 1.54) is 30.6 Å². The van der Waals surface area contributed by atoms with Gasteiger partial charge in [0, 0.05) is 0 Å². The molecule has 0 aliphatic rings. The molecule has 0 atom stereocenters. The number of rotatable bonds is 5. The van der Waals surface area contributed by atoms with Crippen LogP contribution in [0, 0.1) is 0 Å². The van der Waals surface area contributed by atoms with Crippen LogP contribution in [0.25, 0.3) is 22.1 Å². The van der Waals surface area contributed by atoms with Gasteiger partial charge >= 0.3 is 10.1 Å². The summed E-state index contributed by atoms with van der Waals surface area (Å²) < 4.78 is 37.6. The molecule has 3 aromatic carbocycles. The number of hydrogen-bond donors (Lipinski definition) is 0. The Kier molecular flexibility index (Phi) is 4.91. The van der Waals surface area contributed by atoms with Gasteiger partial charge in [0.2, 0.25) is 0 Å². The third-order valence-corrected chi connectivity index (χ3v) is 7.09. The molecule has 0 aliphatic heterocycles. The van der Waals surface area contributed by atoms with Gasteiger partial charge in [-0.05, 0) is 60.2 Å². The number of para-hydroxylation sites is 2.